The summed E-state index contributed by atoms with van der Waals surface area (Å²) in [4.78, 5) is 18.4. The van der Waals surface area contributed by atoms with Gasteiger partial charge in [0, 0.05) is 30.8 Å². The van der Waals surface area contributed by atoms with Gasteiger partial charge in [-0.05, 0) is 31.7 Å². The first-order valence-electron chi connectivity index (χ1n) is 6.79. The average molecular weight is 299 g/mol. The van der Waals surface area contributed by atoms with Gasteiger partial charge in [0.1, 0.15) is 5.15 Å². The summed E-state index contributed by atoms with van der Waals surface area (Å²) >= 11 is 5.91. The van der Waals surface area contributed by atoms with Crippen molar-refractivity contribution < 1.29 is 14.6 Å². The number of hydrogen-bond donors (Lipinski definition) is 1. The van der Waals surface area contributed by atoms with E-state index >= 15 is 0 Å². The zero-order chi connectivity index (χ0) is 14.5. The number of methoxy groups -OCH3 is 1. The maximum absolute atomic E-state index is 12.6. The van der Waals surface area contributed by atoms with Gasteiger partial charge in [0.05, 0.1) is 7.11 Å². The number of pyridine rings is 1. The molecule has 1 unspecified atom stereocenters. The first-order chi connectivity index (χ1) is 9.65. The molecular weight excluding hydrogens is 280 g/mol. The number of hydrogen-bond acceptors (Lipinski definition) is 4. The molecule has 0 saturated carbocycles. The molecular formula is C14H19ClN2O3. The van der Waals surface area contributed by atoms with Crippen molar-refractivity contribution in [2.24, 2.45) is 0 Å². The molecule has 20 heavy (non-hydrogen) atoms. The molecule has 0 aromatic carbocycles. The van der Waals surface area contributed by atoms with Crippen LogP contribution < -0.4 is 4.74 Å². The molecule has 0 radical (unpaired) electrons. The van der Waals surface area contributed by atoms with Crippen molar-refractivity contribution in [1.82, 2.24) is 9.88 Å². The van der Waals surface area contributed by atoms with Gasteiger partial charge in [-0.1, -0.05) is 11.6 Å². The fourth-order valence-electron chi connectivity index (χ4n) is 2.58. The second kappa shape index (κ2) is 6.90. The average Bonchev–Trinajstić information content (AvgIpc) is 2.46. The molecule has 1 aromatic heterocycles. The van der Waals surface area contributed by atoms with Gasteiger partial charge in [-0.25, -0.2) is 4.98 Å². The third-order valence-corrected chi connectivity index (χ3v) is 3.77. The highest BCUT2D eigenvalue weighted by molar-refractivity contribution is 6.29. The van der Waals surface area contributed by atoms with Crippen molar-refractivity contribution in [2.75, 3.05) is 20.3 Å². The molecule has 5 nitrogen and oxygen atoms in total. The molecule has 0 bridgehead atoms. The molecule has 1 N–H and O–H groups in total. The summed E-state index contributed by atoms with van der Waals surface area (Å²) in [6, 6.07) is 3.25. The van der Waals surface area contributed by atoms with Crippen molar-refractivity contribution in [2.45, 2.75) is 31.7 Å². The van der Waals surface area contributed by atoms with Crippen LogP contribution in [0.2, 0.25) is 5.15 Å². The van der Waals surface area contributed by atoms with E-state index in [4.69, 9.17) is 21.4 Å². The third kappa shape index (κ3) is 3.41. The molecule has 2 heterocycles. The Bertz CT molecular complexity index is 479. The Hall–Kier alpha value is -1.33. The zero-order valence-electron chi connectivity index (χ0n) is 11.5. The molecule has 6 heteroatoms. The summed E-state index contributed by atoms with van der Waals surface area (Å²) in [6.45, 7) is 0.806. The van der Waals surface area contributed by atoms with Crippen LogP contribution in [0.5, 0.6) is 5.88 Å². The number of amides is 1. The van der Waals surface area contributed by atoms with Gasteiger partial charge in [-0.3, -0.25) is 4.79 Å². The SMILES string of the molecule is COc1cc(C(=O)N2CCCCC2CCO)cc(Cl)n1. The van der Waals surface area contributed by atoms with Crippen molar-refractivity contribution in [1.29, 1.82) is 0 Å². The lowest BCUT2D eigenvalue weighted by Crippen LogP contribution is -2.44. The van der Waals surface area contributed by atoms with E-state index in [9.17, 15) is 4.79 Å². The van der Waals surface area contributed by atoms with Gasteiger partial charge in [0.15, 0.2) is 0 Å². The largest absolute Gasteiger partial charge is 0.481 e. The Morgan fingerprint density at radius 1 is 1.55 bits per heavy atom. The Labute approximate surface area is 123 Å². The minimum atomic E-state index is -0.0780. The molecule has 1 aliphatic rings. The predicted octanol–water partition coefficient (Wildman–Crippen LogP) is 2.12. The van der Waals surface area contributed by atoms with Crippen LogP contribution in [0.3, 0.4) is 0 Å². The molecule has 1 amide bonds. The number of aromatic nitrogens is 1. The van der Waals surface area contributed by atoms with Crippen LogP contribution in [0.25, 0.3) is 0 Å². The Kier molecular flexibility index (Phi) is 5.20. The minimum Gasteiger partial charge on any atom is -0.481 e. The van der Waals surface area contributed by atoms with Gasteiger partial charge in [0.25, 0.3) is 5.91 Å². The van der Waals surface area contributed by atoms with Crippen LogP contribution in [-0.2, 0) is 0 Å². The molecule has 1 atom stereocenters. The van der Waals surface area contributed by atoms with Crippen LogP contribution in [-0.4, -0.2) is 47.2 Å². The molecule has 0 spiro atoms. The van der Waals surface area contributed by atoms with Crippen LogP contribution in [0.15, 0.2) is 12.1 Å². The Morgan fingerprint density at radius 3 is 3.05 bits per heavy atom. The highest BCUT2D eigenvalue weighted by atomic mass is 35.5. The van der Waals surface area contributed by atoms with E-state index in [2.05, 4.69) is 4.98 Å². The first kappa shape index (κ1) is 15.1. The number of carbonyl (C=O) groups is 1. The molecule has 1 aliphatic heterocycles. The summed E-state index contributed by atoms with van der Waals surface area (Å²) in [5, 5.41) is 9.37. The van der Waals surface area contributed by atoms with Crippen molar-refractivity contribution in [3.05, 3.63) is 22.8 Å². The number of aliphatic hydroxyl groups is 1. The Morgan fingerprint density at radius 2 is 2.35 bits per heavy atom. The lowest BCUT2D eigenvalue weighted by atomic mass is 9.98. The van der Waals surface area contributed by atoms with Gasteiger partial charge in [0.2, 0.25) is 5.88 Å². The second-order valence-electron chi connectivity index (χ2n) is 4.88. The number of rotatable bonds is 4. The standard InChI is InChI=1S/C14H19ClN2O3/c1-20-13-9-10(8-12(15)16-13)14(19)17-6-3-2-4-11(17)5-7-18/h8-9,11,18H,2-7H2,1H3. The van der Waals surface area contributed by atoms with Crippen LogP contribution >= 0.6 is 11.6 Å². The number of nitrogens with zero attached hydrogens (tertiary/aromatic N) is 2. The molecule has 2 rings (SSSR count). The van der Waals surface area contributed by atoms with Crippen molar-refractivity contribution in [3.8, 4) is 5.88 Å². The van der Waals surface area contributed by atoms with E-state index in [0.29, 0.717) is 24.4 Å². The topological polar surface area (TPSA) is 62.7 Å². The number of piperidine rings is 1. The van der Waals surface area contributed by atoms with Crippen molar-refractivity contribution >= 4 is 17.5 Å². The summed E-state index contributed by atoms with van der Waals surface area (Å²) in [5.41, 5.74) is 0.478. The summed E-state index contributed by atoms with van der Waals surface area (Å²) < 4.78 is 5.04. The van der Waals surface area contributed by atoms with Gasteiger partial charge in [-0.15, -0.1) is 0 Å². The highest BCUT2D eigenvalue weighted by Crippen LogP contribution is 2.24. The second-order valence-corrected chi connectivity index (χ2v) is 5.27. The van der Waals surface area contributed by atoms with E-state index in [1.165, 1.54) is 7.11 Å². The van der Waals surface area contributed by atoms with Crippen LogP contribution in [0, 0.1) is 0 Å². The number of aliphatic hydroxyl groups excluding tert-OH is 1. The molecule has 1 saturated heterocycles. The molecule has 0 aliphatic carbocycles. The van der Waals surface area contributed by atoms with Gasteiger partial charge >= 0.3 is 0 Å². The Balaban J connectivity index is 2.22. The minimum absolute atomic E-state index is 0.0780. The van der Waals surface area contributed by atoms with E-state index in [1.807, 2.05) is 4.90 Å². The third-order valence-electron chi connectivity index (χ3n) is 3.58. The fourth-order valence-corrected chi connectivity index (χ4v) is 2.78. The summed E-state index contributed by atoms with van der Waals surface area (Å²) in [6.07, 6.45) is 3.63. The summed E-state index contributed by atoms with van der Waals surface area (Å²) in [5.74, 6) is 0.252. The maximum Gasteiger partial charge on any atom is 0.254 e. The normalized spacial score (nSPS) is 18.9. The maximum atomic E-state index is 12.6. The number of halogens is 1. The number of ether oxygens (including phenoxy) is 1. The van der Waals surface area contributed by atoms with Crippen molar-refractivity contribution in [3.63, 3.8) is 0 Å². The van der Waals surface area contributed by atoms with E-state index in [1.54, 1.807) is 12.1 Å². The molecule has 110 valence electrons. The number of carbonyl (C=O) groups excluding carboxylic acids is 1. The summed E-state index contributed by atoms with van der Waals surface area (Å²) in [7, 11) is 1.49. The molecule has 1 fully saturated rings. The van der Waals surface area contributed by atoms with Gasteiger partial charge in [-0.2, -0.15) is 0 Å². The lowest BCUT2D eigenvalue weighted by Gasteiger charge is -2.35. The highest BCUT2D eigenvalue weighted by Gasteiger charge is 2.27. The fraction of sp³-hybridized carbons (Fsp3) is 0.571. The van der Waals surface area contributed by atoms with Gasteiger partial charge < -0.3 is 14.7 Å². The van der Waals surface area contributed by atoms with E-state index < -0.39 is 0 Å². The van der Waals surface area contributed by atoms with Crippen LogP contribution in [0.4, 0.5) is 0 Å². The monoisotopic (exact) mass is 298 g/mol. The van der Waals surface area contributed by atoms with E-state index in [0.717, 1.165) is 19.3 Å². The first-order valence-corrected chi connectivity index (χ1v) is 7.17. The van der Waals surface area contributed by atoms with E-state index in [-0.39, 0.29) is 23.7 Å². The quantitative estimate of drug-likeness (QED) is 0.865. The zero-order valence-corrected chi connectivity index (χ0v) is 12.3. The lowest BCUT2D eigenvalue weighted by molar-refractivity contribution is 0.0574. The molecule has 1 aromatic rings. The van der Waals surface area contributed by atoms with Crippen LogP contribution in [0.1, 0.15) is 36.0 Å². The predicted molar refractivity (Wildman–Crippen MR) is 76.2 cm³/mol. The number of likely N-dealkylation sites (tertiary alicyclic amines) is 1. The smallest absolute Gasteiger partial charge is 0.254 e.